The van der Waals surface area contributed by atoms with E-state index in [4.69, 9.17) is 21.1 Å². The summed E-state index contributed by atoms with van der Waals surface area (Å²) in [6.45, 7) is 0. The third-order valence-electron chi connectivity index (χ3n) is 3.97. The van der Waals surface area contributed by atoms with E-state index in [0.717, 1.165) is 31.2 Å². The maximum absolute atomic E-state index is 12.2. The van der Waals surface area contributed by atoms with E-state index < -0.39 is 0 Å². The Hall–Kier alpha value is -1.26. The molecule has 1 saturated carbocycles. The molecule has 4 nitrogen and oxygen atoms in total. The lowest BCUT2D eigenvalue weighted by molar-refractivity contribution is -0.121. The number of ether oxygens (including phenoxy) is 2. The quantitative estimate of drug-likeness (QED) is 0.909. The molecule has 1 fully saturated rings. The summed E-state index contributed by atoms with van der Waals surface area (Å²) < 4.78 is 10.6. The standard InChI is InChI=1S/C16H22ClNO3/c1-20-14-7-5-13(6-8-14)18-16(19)9-11-3-4-12(17)10-15(11)21-2/h3-4,10,13-14H,5-9H2,1-2H3,(H,18,19). The first-order valence-corrected chi connectivity index (χ1v) is 7.64. The van der Waals surface area contributed by atoms with Crippen molar-refractivity contribution in [2.45, 2.75) is 44.2 Å². The van der Waals surface area contributed by atoms with Gasteiger partial charge in [-0.2, -0.15) is 0 Å². The van der Waals surface area contributed by atoms with Crippen LogP contribution >= 0.6 is 11.6 Å². The number of amides is 1. The van der Waals surface area contributed by atoms with Gasteiger partial charge in [-0.1, -0.05) is 17.7 Å². The molecule has 1 amide bonds. The molecule has 0 bridgehead atoms. The topological polar surface area (TPSA) is 47.6 Å². The Kier molecular flexibility index (Phi) is 5.88. The molecule has 116 valence electrons. The van der Waals surface area contributed by atoms with Crippen molar-refractivity contribution >= 4 is 17.5 Å². The van der Waals surface area contributed by atoms with E-state index in [9.17, 15) is 4.79 Å². The van der Waals surface area contributed by atoms with Gasteiger partial charge in [-0.25, -0.2) is 0 Å². The largest absolute Gasteiger partial charge is 0.496 e. The van der Waals surface area contributed by atoms with E-state index in [2.05, 4.69) is 5.32 Å². The smallest absolute Gasteiger partial charge is 0.224 e. The molecule has 0 atom stereocenters. The summed E-state index contributed by atoms with van der Waals surface area (Å²) >= 11 is 5.92. The van der Waals surface area contributed by atoms with Crippen LogP contribution in [0.3, 0.4) is 0 Å². The second-order valence-corrected chi connectivity index (χ2v) is 5.85. The molecule has 1 aromatic carbocycles. The van der Waals surface area contributed by atoms with Crippen LogP contribution in [-0.4, -0.2) is 32.3 Å². The van der Waals surface area contributed by atoms with E-state index in [1.165, 1.54) is 0 Å². The summed E-state index contributed by atoms with van der Waals surface area (Å²) in [5, 5.41) is 3.70. The lowest BCUT2D eigenvalue weighted by Gasteiger charge is -2.28. The minimum Gasteiger partial charge on any atom is -0.496 e. The van der Waals surface area contributed by atoms with Crippen LogP contribution in [0.25, 0.3) is 0 Å². The second-order valence-electron chi connectivity index (χ2n) is 5.41. The molecule has 0 heterocycles. The predicted molar refractivity (Wildman–Crippen MR) is 82.9 cm³/mol. The summed E-state index contributed by atoms with van der Waals surface area (Å²) in [6, 6.07) is 5.59. The van der Waals surface area contributed by atoms with Crippen molar-refractivity contribution in [3.05, 3.63) is 28.8 Å². The molecule has 1 aliphatic rings. The fraction of sp³-hybridized carbons (Fsp3) is 0.562. The van der Waals surface area contributed by atoms with Gasteiger partial charge in [-0.3, -0.25) is 4.79 Å². The molecule has 1 N–H and O–H groups in total. The molecule has 0 unspecified atom stereocenters. The summed E-state index contributed by atoms with van der Waals surface area (Å²) in [5.74, 6) is 0.678. The van der Waals surface area contributed by atoms with Gasteiger partial charge in [0.2, 0.25) is 5.91 Å². The van der Waals surface area contributed by atoms with Crippen LogP contribution in [-0.2, 0) is 16.0 Å². The minimum atomic E-state index is 0.0245. The lowest BCUT2D eigenvalue weighted by Crippen LogP contribution is -2.39. The van der Waals surface area contributed by atoms with Gasteiger partial charge in [0.15, 0.2) is 0 Å². The van der Waals surface area contributed by atoms with Crippen LogP contribution in [0.5, 0.6) is 5.75 Å². The van der Waals surface area contributed by atoms with Crippen molar-refractivity contribution in [1.82, 2.24) is 5.32 Å². The Morgan fingerprint density at radius 3 is 2.62 bits per heavy atom. The molecule has 2 rings (SSSR count). The van der Waals surface area contributed by atoms with Crippen LogP contribution in [0.4, 0.5) is 0 Å². The van der Waals surface area contributed by atoms with Gasteiger partial charge in [0.25, 0.3) is 0 Å². The molecular formula is C16H22ClNO3. The zero-order valence-corrected chi connectivity index (χ0v) is 13.3. The number of carbonyl (C=O) groups is 1. The molecule has 0 spiro atoms. The highest BCUT2D eigenvalue weighted by atomic mass is 35.5. The number of nitrogens with one attached hydrogen (secondary N) is 1. The Labute approximate surface area is 130 Å². The summed E-state index contributed by atoms with van der Waals surface area (Å²) in [6.07, 6.45) is 4.61. The second kappa shape index (κ2) is 7.66. The molecule has 5 heteroatoms. The van der Waals surface area contributed by atoms with Crippen molar-refractivity contribution in [1.29, 1.82) is 0 Å². The highest BCUT2D eigenvalue weighted by Gasteiger charge is 2.22. The number of methoxy groups -OCH3 is 2. The zero-order chi connectivity index (χ0) is 15.2. The van der Waals surface area contributed by atoms with Crippen molar-refractivity contribution in [3.8, 4) is 5.75 Å². The Morgan fingerprint density at radius 1 is 1.29 bits per heavy atom. The van der Waals surface area contributed by atoms with Gasteiger partial charge >= 0.3 is 0 Å². The first kappa shape index (κ1) is 16.1. The van der Waals surface area contributed by atoms with Crippen molar-refractivity contribution in [3.63, 3.8) is 0 Å². The molecule has 0 aromatic heterocycles. The summed E-state index contributed by atoms with van der Waals surface area (Å²) in [4.78, 5) is 12.2. The highest BCUT2D eigenvalue weighted by Crippen LogP contribution is 2.24. The Bertz CT molecular complexity index is 484. The highest BCUT2D eigenvalue weighted by molar-refractivity contribution is 6.30. The van der Waals surface area contributed by atoms with Gasteiger partial charge in [-0.15, -0.1) is 0 Å². The summed E-state index contributed by atoms with van der Waals surface area (Å²) in [7, 11) is 3.33. The molecule has 21 heavy (non-hydrogen) atoms. The lowest BCUT2D eigenvalue weighted by atomic mass is 9.93. The first-order valence-electron chi connectivity index (χ1n) is 7.27. The summed E-state index contributed by atoms with van der Waals surface area (Å²) in [5.41, 5.74) is 0.852. The van der Waals surface area contributed by atoms with E-state index in [-0.39, 0.29) is 11.9 Å². The minimum absolute atomic E-state index is 0.0245. The molecule has 1 aromatic rings. The van der Waals surface area contributed by atoms with Crippen LogP contribution in [0.2, 0.25) is 5.02 Å². The molecule has 0 aliphatic heterocycles. The number of rotatable bonds is 5. The van der Waals surface area contributed by atoms with Crippen LogP contribution < -0.4 is 10.1 Å². The Balaban J connectivity index is 1.87. The van der Waals surface area contributed by atoms with Crippen LogP contribution in [0.15, 0.2) is 18.2 Å². The molecular weight excluding hydrogens is 290 g/mol. The number of hydrogen-bond acceptors (Lipinski definition) is 3. The monoisotopic (exact) mass is 311 g/mol. The fourth-order valence-corrected chi connectivity index (χ4v) is 2.92. The predicted octanol–water partition coefficient (Wildman–Crippen LogP) is 2.96. The van der Waals surface area contributed by atoms with E-state index in [1.807, 2.05) is 6.07 Å². The van der Waals surface area contributed by atoms with Crippen molar-refractivity contribution < 1.29 is 14.3 Å². The zero-order valence-electron chi connectivity index (χ0n) is 12.5. The van der Waals surface area contributed by atoms with Gasteiger partial charge in [-0.05, 0) is 37.8 Å². The molecule has 1 aliphatic carbocycles. The first-order chi connectivity index (χ1) is 10.1. The number of benzene rings is 1. The van der Waals surface area contributed by atoms with E-state index in [1.54, 1.807) is 26.4 Å². The third kappa shape index (κ3) is 4.61. The van der Waals surface area contributed by atoms with Gasteiger partial charge in [0.05, 0.1) is 19.6 Å². The van der Waals surface area contributed by atoms with Gasteiger partial charge in [0.1, 0.15) is 5.75 Å². The van der Waals surface area contributed by atoms with E-state index in [0.29, 0.717) is 23.3 Å². The van der Waals surface area contributed by atoms with Gasteiger partial charge < -0.3 is 14.8 Å². The maximum Gasteiger partial charge on any atom is 0.224 e. The fourth-order valence-electron chi connectivity index (χ4n) is 2.76. The number of hydrogen-bond donors (Lipinski definition) is 1. The number of halogens is 1. The Morgan fingerprint density at radius 2 is 2.00 bits per heavy atom. The average Bonchev–Trinajstić information content (AvgIpc) is 2.49. The van der Waals surface area contributed by atoms with Crippen molar-refractivity contribution in [2.24, 2.45) is 0 Å². The molecule has 0 saturated heterocycles. The van der Waals surface area contributed by atoms with Crippen molar-refractivity contribution in [2.75, 3.05) is 14.2 Å². The van der Waals surface area contributed by atoms with Crippen LogP contribution in [0.1, 0.15) is 31.2 Å². The average molecular weight is 312 g/mol. The SMILES string of the molecule is COc1cc(Cl)ccc1CC(=O)NC1CCC(OC)CC1. The molecule has 0 radical (unpaired) electrons. The third-order valence-corrected chi connectivity index (χ3v) is 4.21. The number of carbonyl (C=O) groups excluding carboxylic acids is 1. The maximum atomic E-state index is 12.2. The normalized spacial score (nSPS) is 21.9. The van der Waals surface area contributed by atoms with Crippen LogP contribution in [0, 0.1) is 0 Å². The van der Waals surface area contributed by atoms with Gasteiger partial charge in [0, 0.05) is 23.7 Å². The van der Waals surface area contributed by atoms with E-state index >= 15 is 0 Å².